The molecular formula is C14H20N2O4. The molecule has 1 rings (SSSR count). The Hall–Kier alpha value is -1.92. The van der Waals surface area contributed by atoms with E-state index in [-0.39, 0.29) is 13.0 Å². The molecule has 0 radical (unpaired) electrons. The minimum absolute atomic E-state index is 0.183. The lowest BCUT2D eigenvalue weighted by Gasteiger charge is -2.12. The fraction of sp³-hybridized carbons (Fsp3) is 0.429. The highest BCUT2D eigenvalue weighted by Crippen LogP contribution is 2.06. The summed E-state index contributed by atoms with van der Waals surface area (Å²) in [4.78, 5) is 22.2. The van der Waals surface area contributed by atoms with Crippen molar-refractivity contribution in [2.24, 2.45) is 11.5 Å². The van der Waals surface area contributed by atoms with Crippen molar-refractivity contribution < 1.29 is 19.4 Å². The molecule has 6 nitrogen and oxygen atoms in total. The van der Waals surface area contributed by atoms with Crippen molar-refractivity contribution in [2.75, 3.05) is 0 Å². The predicted octanol–water partition coefficient (Wildman–Crippen LogP) is 0.639. The maximum absolute atomic E-state index is 11.6. The van der Waals surface area contributed by atoms with Gasteiger partial charge in [-0.2, -0.15) is 0 Å². The lowest BCUT2D eigenvalue weighted by molar-refractivity contribution is -0.146. The number of rotatable bonds is 8. The number of carbonyl (C=O) groups excluding carboxylic acids is 1. The van der Waals surface area contributed by atoms with Gasteiger partial charge in [-0.15, -0.1) is 0 Å². The van der Waals surface area contributed by atoms with Gasteiger partial charge in [0.25, 0.3) is 0 Å². The Labute approximate surface area is 117 Å². The average Bonchev–Trinajstić information content (AvgIpc) is 2.45. The van der Waals surface area contributed by atoms with Crippen LogP contribution in [0.2, 0.25) is 0 Å². The van der Waals surface area contributed by atoms with Crippen LogP contribution in [0.4, 0.5) is 0 Å². The van der Waals surface area contributed by atoms with Gasteiger partial charge in [0.2, 0.25) is 0 Å². The number of aliphatic carboxylic acids is 1. The van der Waals surface area contributed by atoms with Crippen molar-refractivity contribution in [2.45, 2.75) is 38.0 Å². The van der Waals surface area contributed by atoms with Crippen molar-refractivity contribution in [1.29, 1.82) is 0 Å². The van der Waals surface area contributed by atoms with E-state index in [0.29, 0.717) is 12.8 Å². The third kappa shape index (κ3) is 5.81. The van der Waals surface area contributed by atoms with Crippen LogP contribution in [0.25, 0.3) is 0 Å². The number of nitrogens with two attached hydrogens (primary N) is 2. The van der Waals surface area contributed by atoms with E-state index >= 15 is 0 Å². The van der Waals surface area contributed by atoms with Crippen LogP contribution < -0.4 is 11.5 Å². The average molecular weight is 280 g/mol. The van der Waals surface area contributed by atoms with E-state index in [0.717, 1.165) is 5.56 Å². The molecular weight excluding hydrogens is 260 g/mol. The maximum Gasteiger partial charge on any atom is 0.323 e. The maximum atomic E-state index is 11.6. The van der Waals surface area contributed by atoms with Crippen molar-refractivity contribution in [3.8, 4) is 0 Å². The Morgan fingerprint density at radius 2 is 1.70 bits per heavy atom. The highest BCUT2D eigenvalue weighted by Gasteiger charge is 2.17. The number of esters is 1. The lowest BCUT2D eigenvalue weighted by atomic mass is 10.1. The molecule has 1 aromatic carbocycles. The van der Waals surface area contributed by atoms with E-state index in [1.807, 2.05) is 30.3 Å². The van der Waals surface area contributed by atoms with Gasteiger partial charge in [0.05, 0.1) is 0 Å². The molecule has 0 saturated carbocycles. The molecule has 0 aliphatic carbocycles. The standard InChI is InChI=1S/C14H20N2O4/c15-11(13(17)18)7-4-8-12(16)14(19)20-9-10-5-2-1-3-6-10/h1-3,5-6,11-12H,4,7-9,15-16H2,(H,17,18)/t11-,12+/m1/s1. The molecule has 0 aromatic heterocycles. The minimum atomic E-state index is -1.05. The van der Waals surface area contributed by atoms with Crippen LogP contribution >= 0.6 is 0 Å². The summed E-state index contributed by atoms with van der Waals surface area (Å²) >= 11 is 0. The number of carbonyl (C=O) groups is 2. The number of ether oxygens (including phenoxy) is 1. The Balaban J connectivity index is 2.24. The number of benzene rings is 1. The van der Waals surface area contributed by atoms with Gasteiger partial charge in [0.1, 0.15) is 18.7 Å². The highest BCUT2D eigenvalue weighted by molar-refractivity contribution is 5.75. The first-order chi connectivity index (χ1) is 9.50. The SMILES string of the molecule is N[C@H](CCC[C@H](N)C(=O)OCc1ccccc1)C(=O)O. The largest absolute Gasteiger partial charge is 0.480 e. The molecule has 0 aliphatic rings. The van der Waals surface area contributed by atoms with Crippen LogP contribution in [0, 0.1) is 0 Å². The normalized spacial score (nSPS) is 13.5. The topological polar surface area (TPSA) is 116 Å². The van der Waals surface area contributed by atoms with Gasteiger partial charge in [-0.25, -0.2) is 0 Å². The molecule has 0 amide bonds. The van der Waals surface area contributed by atoms with Crippen LogP contribution in [0.5, 0.6) is 0 Å². The number of hydrogen-bond donors (Lipinski definition) is 3. The molecule has 2 atom stereocenters. The zero-order valence-corrected chi connectivity index (χ0v) is 11.2. The number of carboxylic acid groups (broad SMARTS) is 1. The predicted molar refractivity (Wildman–Crippen MR) is 73.7 cm³/mol. The number of carboxylic acids is 1. The fourth-order valence-corrected chi connectivity index (χ4v) is 1.63. The molecule has 20 heavy (non-hydrogen) atoms. The summed E-state index contributed by atoms with van der Waals surface area (Å²) in [6.07, 6.45) is 1.11. The van der Waals surface area contributed by atoms with Gasteiger partial charge in [-0.3, -0.25) is 9.59 Å². The fourth-order valence-electron chi connectivity index (χ4n) is 1.63. The molecule has 0 aliphatic heterocycles. The molecule has 110 valence electrons. The highest BCUT2D eigenvalue weighted by atomic mass is 16.5. The molecule has 0 heterocycles. The van der Waals surface area contributed by atoms with E-state index in [1.165, 1.54) is 0 Å². The Bertz CT molecular complexity index is 436. The molecule has 6 heteroatoms. The second kappa shape index (κ2) is 8.29. The quantitative estimate of drug-likeness (QED) is 0.602. The zero-order chi connectivity index (χ0) is 15.0. The van der Waals surface area contributed by atoms with Crippen LogP contribution in [0.1, 0.15) is 24.8 Å². The first-order valence-corrected chi connectivity index (χ1v) is 6.45. The summed E-state index contributed by atoms with van der Waals surface area (Å²) in [7, 11) is 0. The van der Waals surface area contributed by atoms with Gasteiger partial charge >= 0.3 is 11.9 Å². The summed E-state index contributed by atoms with van der Waals surface area (Å²) in [6.45, 7) is 0.183. The Morgan fingerprint density at radius 1 is 1.10 bits per heavy atom. The molecule has 5 N–H and O–H groups in total. The zero-order valence-electron chi connectivity index (χ0n) is 11.2. The van der Waals surface area contributed by atoms with Gasteiger partial charge in [-0.05, 0) is 24.8 Å². The van der Waals surface area contributed by atoms with Crippen molar-refractivity contribution in [1.82, 2.24) is 0 Å². The second-order valence-electron chi connectivity index (χ2n) is 4.58. The Kier molecular flexibility index (Phi) is 6.69. The summed E-state index contributed by atoms with van der Waals surface area (Å²) < 4.78 is 5.08. The molecule has 0 saturated heterocycles. The summed E-state index contributed by atoms with van der Waals surface area (Å²) in [5.74, 6) is -1.54. The first-order valence-electron chi connectivity index (χ1n) is 6.45. The van der Waals surface area contributed by atoms with Gasteiger partial charge in [-0.1, -0.05) is 30.3 Å². The van der Waals surface area contributed by atoms with E-state index in [2.05, 4.69) is 0 Å². The van der Waals surface area contributed by atoms with Crippen molar-refractivity contribution >= 4 is 11.9 Å². The third-order valence-corrected chi connectivity index (χ3v) is 2.87. The van der Waals surface area contributed by atoms with Gasteiger partial charge < -0.3 is 21.3 Å². The summed E-state index contributed by atoms with van der Waals surface area (Å²) in [5.41, 5.74) is 11.9. The van der Waals surface area contributed by atoms with E-state index in [4.69, 9.17) is 21.3 Å². The number of hydrogen-bond acceptors (Lipinski definition) is 5. The second-order valence-corrected chi connectivity index (χ2v) is 4.58. The molecule has 0 spiro atoms. The van der Waals surface area contributed by atoms with Crippen LogP contribution in [0.15, 0.2) is 30.3 Å². The minimum Gasteiger partial charge on any atom is -0.480 e. The van der Waals surface area contributed by atoms with Crippen molar-refractivity contribution in [3.05, 3.63) is 35.9 Å². The van der Waals surface area contributed by atoms with Crippen LogP contribution in [0.3, 0.4) is 0 Å². The molecule has 0 bridgehead atoms. The van der Waals surface area contributed by atoms with Gasteiger partial charge in [0.15, 0.2) is 0 Å². The first kappa shape index (κ1) is 16.1. The van der Waals surface area contributed by atoms with E-state index in [9.17, 15) is 9.59 Å². The molecule has 1 aromatic rings. The van der Waals surface area contributed by atoms with E-state index in [1.54, 1.807) is 0 Å². The monoisotopic (exact) mass is 280 g/mol. The van der Waals surface area contributed by atoms with Crippen molar-refractivity contribution in [3.63, 3.8) is 0 Å². The molecule has 0 unspecified atom stereocenters. The smallest absolute Gasteiger partial charge is 0.323 e. The van der Waals surface area contributed by atoms with Crippen LogP contribution in [-0.4, -0.2) is 29.1 Å². The summed E-state index contributed by atoms with van der Waals surface area (Å²) in [5, 5.41) is 8.62. The van der Waals surface area contributed by atoms with Gasteiger partial charge in [0, 0.05) is 0 Å². The lowest BCUT2D eigenvalue weighted by Crippen LogP contribution is -2.34. The van der Waals surface area contributed by atoms with Crippen LogP contribution in [-0.2, 0) is 20.9 Å². The molecule has 0 fully saturated rings. The Morgan fingerprint density at radius 3 is 2.30 bits per heavy atom. The third-order valence-electron chi connectivity index (χ3n) is 2.87. The summed E-state index contributed by atoms with van der Waals surface area (Å²) in [6, 6.07) is 7.63. The van der Waals surface area contributed by atoms with E-state index < -0.39 is 24.0 Å².